The monoisotopic (exact) mass is 918 g/mol. The molecule has 1 unspecified atom stereocenters. The predicted molar refractivity (Wildman–Crippen MR) is 239 cm³/mol. The van der Waals surface area contributed by atoms with Crippen LogP contribution in [0.5, 0.6) is 11.5 Å². The summed E-state index contributed by atoms with van der Waals surface area (Å²) in [5, 5.41) is 18.9. The van der Waals surface area contributed by atoms with Crippen LogP contribution in [0.25, 0.3) is 33.1 Å². The van der Waals surface area contributed by atoms with E-state index in [0.29, 0.717) is 47.4 Å². The number of benzene rings is 2. The molecule has 4 N–H and O–H groups in total. The van der Waals surface area contributed by atoms with Crippen molar-refractivity contribution in [2.24, 2.45) is 0 Å². The molecule has 350 valence electrons. The Hall–Kier alpha value is -7.23. The van der Waals surface area contributed by atoms with Crippen molar-refractivity contribution in [3.8, 4) is 22.6 Å². The van der Waals surface area contributed by atoms with Gasteiger partial charge in [0.25, 0.3) is 17.7 Å². The minimum atomic E-state index is -1.06. The number of anilines is 2. The highest BCUT2D eigenvalue weighted by molar-refractivity contribution is 6.24. The van der Waals surface area contributed by atoms with Gasteiger partial charge in [0.15, 0.2) is 0 Å². The van der Waals surface area contributed by atoms with E-state index in [9.17, 15) is 24.0 Å². The number of carbonyl (C=O) groups is 5. The number of fused-ring (bicyclic) bond motifs is 4. The lowest BCUT2D eigenvalue weighted by Gasteiger charge is -2.27. The van der Waals surface area contributed by atoms with Crippen molar-refractivity contribution in [3.63, 3.8) is 0 Å². The van der Waals surface area contributed by atoms with Gasteiger partial charge in [0.2, 0.25) is 17.6 Å². The fourth-order valence-electron chi connectivity index (χ4n) is 8.40. The van der Waals surface area contributed by atoms with Crippen molar-refractivity contribution < 1.29 is 52.2 Å². The lowest BCUT2D eigenvalue weighted by molar-refractivity contribution is -0.136. The SMILES string of the molecule is CCn1nc(C2CC2)cc1Nc1nc(C(=O)NCCOCCOCCOCCOc2cccc3c2C(=O)N(C2CCC(=O)NC2=O)C3=O)nc2[nH]c3cc(-c4c(C)noc4C)c(OC)cc3c12. The highest BCUT2D eigenvalue weighted by atomic mass is 16.6. The number of carbonyl (C=O) groups excluding carboxylic acids is 5. The minimum Gasteiger partial charge on any atom is -0.496 e. The van der Waals surface area contributed by atoms with E-state index in [2.05, 4.69) is 31.1 Å². The van der Waals surface area contributed by atoms with Crippen molar-refractivity contribution >= 4 is 63.1 Å². The third kappa shape index (κ3) is 9.16. The van der Waals surface area contributed by atoms with Gasteiger partial charge < -0.3 is 43.8 Å². The molecule has 5 amide bonds. The number of aromatic nitrogens is 6. The van der Waals surface area contributed by atoms with Gasteiger partial charge in [-0.3, -0.25) is 34.2 Å². The fraction of sp³-hybridized carbons (Fsp3) is 0.413. The fourth-order valence-corrected chi connectivity index (χ4v) is 8.40. The molecule has 2 fully saturated rings. The number of ether oxygens (including phenoxy) is 5. The van der Waals surface area contributed by atoms with Crippen molar-refractivity contribution in [2.45, 2.75) is 65.0 Å². The molecule has 1 saturated carbocycles. The Kier molecular flexibility index (Phi) is 13.0. The number of aromatic amines is 1. The van der Waals surface area contributed by atoms with Gasteiger partial charge in [-0.1, -0.05) is 11.2 Å². The van der Waals surface area contributed by atoms with E-state index in [1.807, 2.05) is 43.7 Å². The second-order valence-corrected chi connectivity index (χ2v) is 16.3. The summed E-state index contributed by atoms with van der Waals surface area (Å²) in [6.07, 6.45) is 2.31. The van der Waals surface area contributed by atoms with Crippen LogP contribution in [0.15, 0.2) is 40.9 Å². The number of amides is 5. The summed E-state index contributed by atoms with van der Waals surface area (Å²) in [5.74, 6) is 0.221. The molecule has 3 aliphatic rings. The highest BCUT2D eigenvalue weighted by Gasteiger charge is 2.46. The average molecular weight is 919 g/mol. The summed E-state index contributed by atoms with van der Waals surface area (Å²) in [7, 11) is 1.61. The van der Waals surface area contributed by atoms with Gasteiger partial charge >= 0.3 is 0 Å². The van der Waals surface area contributed by atoms with Crippen molar-refractivity contribution in [1.29, 1.82) is 0 Å². The largest absolute Gasteiger partial charge is 0.496 e. The maximum Gasteiger partial charge on any atom is 0.289 e. The first-order valence-corrected chi connectivity index (χ1v) is 22.2. The van der Waals surface area contributed by atoms with Gasteiger partial charge in [0.05, 0.1) is 80.2 Å². The summed E-state index contributed by atoms with van der Waals surface area (Å²) < 4.78 is 35.9. The lowest BCUT2D eigenvalue weighted by atomic mass is 10.0. The van der Waals surface area contributed by atoms with Crippen LogP contribution >= 0.6 is 0 Å². The van der Waals surface area contributed by atoms with Crippen molar-refractivity contribution in [3.05, 3.63) is 70.5 Å². The number of piperidine rings is 1. The van der Waals surface area contributed by atoms with Crippen LogP contribution < -0.4 is 25.4 Å². The number of hydrogen-bond donors (Lipinski definition) is 4. The van der Waals surface area contributed by atoms with Crippen molar-refractivity contribution in [2.75, 3.05) is 65.2 Å². The molecular formula is C46H50N10O11. The van der Waals surface area contributed by atoms with Crippen LogP contribution in [0.1, 0.15) is 87.0 Å². The van der Waals surface area contributed by atoms with Crippen molar-refractivity contribution in [1.82, 2.24) is 45.4 Å². The molecule has 1 aliphatic carbocycles. The van der Waals surface area contributed by atoms with Crippen LogP contribution in [0.3, 0.4) is 0 Å². The number of rotatable bonds is 21. The number of nitrogens with zero attached hydrogens (tertiary/aromatic N) is 6. The highest BCUT2D eigenvalue weighted by Crippen LogP contribution is 2.43. The lowest BCUT2D eigenvalue weighted by Crippen LogP contribution is -2.54. The van der Waals surface area contributed by atoms with Gasteiger partial charge in [-0.25, -0.2) is 14.6 Å². The first-order chi connectivity index (χ1) is 32.5. The minimum absolute atomic E-state index is 0.0318. The number of aryl methyl sites for hydroxylation is 3. The molecule has 2 aromatic carbocycles. The first kappa shape index (κ1) is 44.9. The molecule has 0 bridgehead atoms. The summed E-state index contributed by atoms with van der Waals surface area (Å²) >= 11 is 0. The topological polar surface area (TPSA) is 256 Å². The molecule has 9 rings (SSSR count). The molecular weight excluding hydrogens is 869 g/mol. The molecule has 2 aliphatic heterocycles. The summed E-state index contributed by atoms with van der Waals surface area (Å²) in [4.78, 5) is 77.6. The molecule has 6 aromatic rings. The van der Waals surface area contributed by atoms with E-state index < -0.39 is 35.6 Å². The third-order valence-electron chi connectivity index (χ3n) is 11.8. The van der Waals surface area contributed by atoms with Gasteiger partial charge in [-0.2, -0.15) is 5.10 Å². The Morgan fingerprint density at radius 1 is 0.881 bits per heavy atom. The Morgan fingerprint density at radius 2 is 1.64 bits per heavy atom. The molecule has 6 heterocycles. The van der Waals surface area contributed by atoms with Gasteiger partial charge in [0, 0.05) is 48.0 Å². The maximum absolute atomic E-state index is 13.6. The quantitative estimate of drug-likeness (QED) is 0.0573. The molecule has 1 atom stereocenters. The molecule has 21 nitrogen and oxygen atoms in total. The Bertz CT molecular complexity index is 2880. The summed E-state index contributed by atoms with van der Waals surface area (Å²) in [5.41, 5.74) is 4.81. The van der Waals surface area contributed by atoms with E-state index >= 15 is 0 Å². The number of imide groups is 2. The summed E-state index contributed by atoms with van der Waals surface area (Å²) in [6, 6.07) is 9.54. The molecule has 0 radical (unpaired) electrons. The number of nitrogens with one attached hydrogen (secondary N) is 4. The predicted octanol–water partition coefficient (Wildman–Crippen LogP) is 4.49. The second kappa shape index (κ2) is 19.3. The van der Waals surface area contributed by atoms with Crippen LogP contribution in [0.4, 0.5) is 11.6 Å². The first-order valence-electron chi connectivity index (χ1n) is 22.2. The molecule has 4 aromatic heterocycles. The van der Waals surface area contributed by atoms with Crippen LogP contribution in [-0.4, -0.2) is 130 Å². The van der Waals surface area contributed by atoms with Crippen LogP contribution in [0, 0.1) is 13.8 Å². The Balaban J connectivity index is 0.750. The molecule has 0 spiro atoms. The van der Waals surface area contributed by atoms with E-state index in [4.69, 9.17) is 38.3 Å². The van der Waals surface area contributed by atoms with Gasteiger partial charge in [-0.15, -0.1) is 0 Å². The average Bonchev–Trinajstić information content (AvgIpc) is 3.76. The van der Waals surface area contributed by atoms with Gasteiger partial charge in [-0.05, 0) is 64.3 Å². The van der Waals surface area contributed by atoms with Crippen LogP contribution in [-0.2, 0) is 30.3 Å². The molecule has 21 heteroatoms. The zero-order valence-corrected chi connectivity index (χ0v) is 37.5. The number of H-pyrrole nitrogens is 1. The zero-order chi connectivity index (χ0) is 46.8. The third-order valence-corrected chi connectivity index (χ3v) is 11.8. The maximum atomic E-state index is 13.6. The Labute approximate surface area is 383 Å². The van der Waals surface area contributed by atoms with E-state index in [1.165, 1.54) is 6.07 Å². The van der Waals surface area contributed by atoms with E-state index in [-0.39, 0.29) is 81.7 Å². The zero-order valence-electron chi connectivity index (χ0n) is 37.5. The number of hydrogen-bond acceptors (Lipinski definition) is 16. The van der Waals surface area contributed by atoms with Gasteiger partial charge in [0.1, 0.15) is 47.2 Å². The molecule has 1 saturated heterocycles. The smallest absolute Gasteiger partial charge is 0.289 e. The second-order valence-electron chi connectivity index (χ2n) is 16.3. The van der Waals surface area contributed by atoms with Crippen LogP contribution in [0.2, 0.25) is 0 Å². The normalized spacial score (nSPS) is 16.0. The number of methoxy groups -OCH3 is 1. The summed E-state index contributed by atoms with van der Waals surface area (Å²) in [6.45, 7) is 8.20. The molecule has 67 heavy (non-hydrogen) atoms. The Morgan fingerprint density at radius 3 is 2.34 bits per heavy atom. The van der Waals surface area contributed by atoms with E-state index in [0.717, 1.165) is 57.0 Å². The standard InChI is InChI=1S/C46H50N10O11/c1-5-55-35(23-30(53-55)26-9-10-26)49-41-39-28-22-34(62-4)29(37-24(2)54-67-25(37)3)21-31(28)48-40(39)51-42(52-41)44(59)47-13-14-63-15-16-64-17-18-65-19-20-66-33-8-6-7-27-38(33)46(61)56(45(27)60)32-11-12-36(57)50-43(32)58/h6-8,21-23,26,32H,5,9-20H2,1-4H3,(H,47,59)(H,50,57,58)(H2,48,49,51,52). The van der Waals surface area contributed by atoms with E-state index in [1.54, 1.807) is 19.2 Å².